The van der Waals surface area contributed by atoms with Crippen LogP contribution in [0.15, 0.2) is 62.6 Å². The van der Waals surface area contributed by atoms with Crippen molar-refractivity contribution < 1.29 is 17.6 Å². The van der Waals surface area contributed by atoms with Gasteiger partial charge in [0.15, 0.2) is 5.58 Å². The van der Waals surface area contributed by atoms with Crippen LogP contribution in [0.2, 0.25) is 0 Å². The van der Waals surface area contributed by atoms with Crippen molar-refractivity contribution in [1.82, 2.24) is 9.29 Å². The molecule has 0 saturated carbocycles. The molecule has 0 spiro atoms. The SMILES string of the molecule is O=C(Nc1ccc2oc(=O)[nH]c2c1)C1CCCN1S(=O)(=O)c1ccccc1. The van der Waals surface area contributed by atoms with Crippen LogP contribution in [-0.4, -0.2) is 36.2 Å². The predicted octanol–water partition coefficient (Wildman–Crippen LogP) is 1.91. The normalized spacial score (nSPS) is 18.0. The number of carbonyl (C=O) groups excluding carboxylic acids is 1. The minimum Gasteiger partial charge on any atom is -0.408 e. The molecule has 2 N–H and O–H groups in total. The van der Waals surface area contributed by atoms with Crippen molar-refractivity contribution in [3.63, 3.8) is 0 Å². The zero-order chi connectivity index (χ0) is 19.0. The molecule has 0 bridgehead atoms. The summed E-state index contributed by atoms with van der Waals surface area (Å²) in [6.07, 6.45) is 1.06. The largest absolute Gasteiger partial charge is 0.417 e. The number of fused-ring (bicyclic) bond motifs is 1. The molecule has 1 aromatic heterocycles. The summed E-state index contributed by atoms with van der Waals surface area (Å²) in [7, 11) is -3.75. The Morgan fingerprint density at radius 1 is 1.19 bits per heavy atom. The highest BCUT2D eigenvalue weighted by atomic mass is 32.2. The number of nitrogens with zero attached hydrogens (tertiary/aromatic N) is 1. The number of carbonyl (C=O) groups is 1. The fraction of sp³-hybridized carbons (Fsp3) is 0.222. The lowest BCUT2D eigenvalue weighted by Crippen LogP contribution is -2.43. The summed E-state index contributed by atoms with van der Waals surface area (Å²) in [6.45, 7) is 0.295. The van der Waals surface area contributed by atoms with Gasteiger partial charge in [0.2, 0.25) is 15.9 Å². The molecule has 8 nitrogen and oxygen atoms in total. The summed E-state index contributed by atoms with van der Waals surface area (Å²) >= 11 is 0. The third kappa shape index (κ3) is 3.26. The van der Waals surface area contributed by atoms with Crippen molar-refractivity contribution in [3.8, 4) is 0 Å². The van der Waals surface area contributed by atoms with Crippen molar-refractivity contribution in [2.24, 2.45) is 0 Å². The van der Waals surface area contributed by atoms with Gasteiger partial charge in [0.05, 0.1) is 10.4 Å². The number of H-pyrrole nitrogens is 1. The van der Waals surface area contributed by atoms with Crippen LogP contribution in [0.4, 0.5) is 5.69 Å². The van der Waals surface area contributed by atoms with Crippen LogP contribution >= 0.6 is 0 Å². The van der Waals surface area contributed by atoms with Crippen LogP contribution in [-0.2, 0) is 14.8 Å². The van der Waals surface area contributed by atoms with E-state index >= 15 is 0 Å². The van der Waals surface area contributed by atoms with Gasteiger partial charge in [0.25, 0.3) is 0 Å². The minimum absolute atomic E-state index is 0.169. The molecule has 1 amide bonds. The van der Waals surface area contributed by atoms with E-state index in [1.165, 1.54) is 16.4 Å². The third-order valence-electron chi connectivity index (χ3n) is 4.54. The highest BCUT2D eigenvalue weighted by Gasteiger charge is 2.39. The summed E-state index contributed by atoms with van der Waals surface area (Å²) in [6, 6.07) is 12.0. The second-order valence-electron chi connectivity index (χ2n) is 6.30. The molecule has 1 fully saturated rings. The first-order chi connectivity index (χ1) is 12.9. The molecule has 27 heavy (non-hydrogen) atoms. The van der Waals surface area contributed by atoms with Gasteiger partial charge >= 0.3 is 5.76 Å². The number of anilines is 1. The lowest BCUT2D eigenvalue weighted by Gasteiger charge is -2.23. The molecule has 2 heterocycles. The first-order valence-corrected chi connectivity index (χ1v) is 9.90. The van der Waals surface area contributed by atoms with Crippen LogP contribution < -0.4 is 11.1 Å². The van der Waals surface area contributed by atoms with Crippen LogP contribution in [0.3, 0.4) is 0 Å². The topological polar surface area (TPSA) is 112 Å². The molecule has 1 aliphatic rings. The van der Waals surface area contributed by atoms with Gasteiger partial charge in [-0.15, -0.1) is 0 Å². The third-order valence-corrected chi connectivity index (χ3v) is 6.47. The fourth-order valence-electron chi connectivity index (χ4n) is 3.27. The van der Waals surface area contributed by atoms with Crippen LogP contribution in [0.5, 0.6) is 0 Å². The zero-order valence-electron chi connectivity index (χ0n) is 14.2. The van der Waals surface area contributed by atoms with E-state index in [1.807, 2.05) is 0 Å². The fourth-order valence-corrected chi connectivity index (χ4v) is 4.95. The number of rotatable bonds is 4. The monoisotopic (exact) mass is 387 g/mol. The van der Waals surface area contributed by atoms with Gasteiger partial charge in [-0.1, -0.05) is 18.2 Å². The van der Waals surface area contributed by atoms with Crippen molar-refractivity contribution in [2.45, 2.75) is 23.8 Å². The van der Waals surface area contributed by atoms with E-state index in [0.717, 1.165) is 0 Å². The van der Waals surface area contributed by atoms with E-state index in [4.69, 9.17) is 4.42 Å². The molecule has 1 atom stereocenters. The molecular formula is C18H17N3O5S. The number of oxazole rings is 1. The maximum Gasteiger partial charge on any atom is 0.417 e. The number of sulfonamides is 1. The van der Waals surface area contributed by atoms with Gasteiger partial charge < -0.3 is 9.73 Å². The molecule has 0 radical (unpaired) electrons. The Kier molecular flexibility index (Phi) is 4.33. The Bertz CT molecular complexity index is 1150. The van der Waals surface area contributed by atoms with Crippen LogP contribution in [0.1, 0.15) is 12.8 Å². The number of nitrogens with one attached hydrogen (secondary N) is 2. The Morgan fingerprint density at radius 2 is 1.96 bits per heavy atom. The maximum absolute atomic E-state index is 12.9. The second-order valence-corrected chi connectivity index (χ2v) is 8.19. The van der Waals surface area contributed by atoms with Crippen LogP contribution in [0.25, 0.3) is 11.1 Å². The lowest BCUT2D eigenvalue weighted by molar-refractivity contribution is -0.119. The molecule has 3 aromatic rings. The Labute approximate surface area is 154 Å². The van der Waals surface area contributed by atoms with Gasteiger partial charge in [-0.25, -0.2) is 13.2 Å². The highest BCUT2D eigenvalue weighted by molar-refractivity contribution is 7.89. The summed E-state index contributed by atoms with van der Waals surface area (Å²) in [5.41, 5.74) is 1.29. The number of hydrogen-bond acceptors (Lipinski definition) is 5. The Hall–Kier alpha value is -2.91. The molecular weight excluding hydrogens is 370 g/mol. The van der Waals surface area contributed by atoms with Gasteiger partial charge in [-0.2, -0.15) is 4.31 Å². The molecule has 1 aliphatic heterocycles. The predicted molar refractivity (Wildman–Crippen MR) is 98.8 cm³/mol. The summed E-state index contributed by atoms with van der Waals surface area (Å²) in [4.78, 5) is 26.7. The first kappa shape index (κ1) is 17.5. The van der Waals surface area contributed by atoms with Gasteiger partial charge in [0, 0.05) is 12.2 Å². The molecule has 4 rings (SSSR count). The highest BCUT2D eigenvalue weighted by Crippen LogP contribution is 2.27. The minimum atomic E-state index is -3.75. The number of aromatic amines is 1. The summed E-state index contributed by atoms with van der Waals surface area (Å²) < 4.78 is 31.9. The van der Waals surface area contributed by atoms with Crippen molar-refractivity contribution >= 4 is 32.7 Å². The number of benzene rings is 2. The first-order valence-electron chi connectivity index (χ1n) is 8.46. The quantitative estimate of drug-likeness (QED) is 0.710. The van der Waals surface area contributed by atoms with E-state index in [9.17, 15) is 18.0 Å². The zero-order valence-corrected chi connectivity index (χ0v) is 15.0. The van der Waals surface area contributed by atoms with Crippen molar-refractivity contribution in [3.05, 3.63) is 59.1 Å². The molecule has 140 valence electrons. The van der Waals surface area contributed by atoms with E-state index in [2.05, 4.69) is 10.3 Å². The smallest absolute Gasteiger partial charge is 0.408 e. The van der Waals surface area contributed by atoms with E-state index < -0.39 is 27.7 Å². The van der Waals surface area contributed by atoms with Gasteiger partial charge in [0.1, 0.15) is 6.04 Å². The van der Waals surface area contributed by atoms with Crippen molar-refractivity contribution in [2.75, 3.05) is 11.9 Å². The average molecular weight is 387 g/mol. The lowest BCUT2D eigenvalue weighted by atomic mass is 10.2. The molecule has 1 saturated heterocycles. The number of amides is 1. The van der Waals surface area contributed by atoms with E-state index in [0.29, 0.717) is 36.2 Å². The van der Waals surface area contributed by atoms with E-state index in [-0.39, 0.29) is 4.90 Å². The van der Waals surface area contributed by atoms with Gasteiger partial charge in [-0.05, 0) is 43.2 Å². The molecule has 2 aromatic carbocycles. The Morgan fingerprint density at radius 3 is 2.74 bits per heavy atom. The van der Waals surface area contributed by atoms with Crippen molar-refractivity contribution in [1.29, 1.82) is 0 Å². The Balaban J connectivity index is 1.57. The second kappa shape index (κ2) is 6.67. The number of aromatic nitrogens is 1. The van der Waals surface area contributed by atoms with Crippen LogP contribution in [0, 0.1) is 0 Å². The van der Waals surface area contributed by atoms with E-state index in [1.54, 1.807) is 36.4 Å². The average Bonchev–Trinajstić information content (AvgIpc) is 3.28. The number of hydrogen-bond donors (Lipinski definition) is 2. The molecule has 1 unspecified atom stereocenters. The van der Waals surface area contributed by atoms with Gasteiger partial charge in [-0.3, -0.25) is 9.78 Å². The maximum atomic E-state index is 12.9. The molecule has 0 aliphatic carbocycles. The standard InChI is InChI=1S/C18H17N3O5S/c22-17(19-12-8-9-16-14(11-12)20-18(23)26-16)15-7-4-10-21(15)27(24,25)13-5-2-1-3-6-13/h1-3,5-6,8-9,11,15H,4,7,10H2,(H,19,22)(H,20,23). The molecule has 9 heteroatoms. The summed E-state index contributed by atoms with van der Waals surface area (Å²) in [5.74, 6) is -0.985. The summed E-state index contributed by atoms with van der Waals surface area (Å²) in [5, 5.41) is 2.73.